The van der Waals surface area contributed by atoms with Crippen molar-refractivity contribution in [2.75, 3.05) is 18.5 Å². The molecule has 1 aliphatic heterocycles. The summed E-state index contributed by atoms with van der Waals surface area (Å²) in [5.74, 6) is -1.35. The molecule has 0 aromatic heterocycles. The molecular weight excluding hydrogens is 353 g/mol. The Hall–Kier alpha value is -2.40. The number of β-amino-alcohol motifs (C(OH)–C–C–N with tert-alkyl or cyclic N) is 1. The van der Waals surface area contributed by atoms with Gasteiger partial charge >= 0.3 is 5.51 Å². The van der Waals surface area contributed by atoms with Crippen LogP contribution in [0.3, 0.4) is 0 Å². The molecule has 0 saturated carbocycles. The van der Waals surface area contributed by atoms with E-state index in [0.29, 0.717) is 0 Å². The molecule has 0 spiro atoms. The molecule has 130 valence electrons. The van der Waals surface area contributed by atoms with E-state index in [9.17, 15) is 31.2 Å². The molecule has 1 heterocycles. The Morgan fingerprint density at radius 1 is 1.12 bits per heavy atom. The zero-order chi connectivity index (χ0) is 18.1. The number of nitrogens with one attached hydrogen (secondary N) is 1. The smallest absolute Gasteiger partial charge is 0.395 e. The third-order valence-corrected chi connectivity index (χ3v) is 4.58. The number of amides is 2. The van der Waals surface area contributed by atoms with Crippen LogP contribution < -0.4 is 5.32 Å². The quantitative estimate of drug-likeness (QED) is 0.743. The standard InChI is InChI=1S/C13H11F3N2O5S/c14-13(15,16)24(22,23)9-3-1-8(2-4-9)17-10-7-11(20)18(5-6-19)12(10)21/h1-4,7,17,19H,5-6H2. The van der Waals surface area contributed by atoms with Crippen LogP contribution >= 0.6 is 0 Å². The normalized spacial score (nSPS) is 15.7. The lowest BCUT2D eigenvalue weighted by molar-refractivity contribution is -0.137. The highest BCUT2D eigenvalue weighted by Crippen LogP contribution is 2.31. The van der Waals surface area contributed by atoms with E-state index < -0.39 is 38.7 Å². The first kappa shape index (κ1) is 17.9. The van der Waals surface area contributed by atoms with E-state index in [1.165, 1.54) is 0 Å². The first-order valence-corrected chi connectivity index (χ1v) is 7.93. The number of rotatable bonds is 5. The molecular formula is C13H11F3N2O5S. The van der Waals surface area contributed by atoms with Crippen molar-refractivity contribution >= 4 is 27.3 Å². The highest BCUT2D eigenvalue weighted by molar-refractivity contribution is 7.92. The number of nitrogens with zero attached hydrogens (tertiary/aromatic N) is 1. The summed E-state index contributed by atoms with van der Waals surface area (Å²) in [6.45, 7) is -0.606. The summed E-state index contributed by atoms with van der Waals surface area (Å²) in [4.78, 5) is 23.3. The predicted octanol–water partition coefficient (Wildman–Crippen LogP) is 0.637. The Morgan fingerprint density at radius 3 is 2.21 bits per heavy atom. The SMILES string of the molecule is O=C1C=C(Nc2ccc(S(=O)(=O)C(F)(F)F)cc2)C(=O)N1CCO. The summed E-state index contributed by atoms with van der Waals surface area (Å²) in [5, 5.41) is 11.3. The van der Waals surface area contributed by atoms with Crippen LogP contribution in [0.1, 0.15) is 0 Å². The Labute approximate surface area is 134 Å². The zero-order valence-corrected chi connectivity index (χ0v) is 12.7. The second-order valence-electron chi connectivity index (χ2n) is 4.68. The van der Waals surface area contributed by atoms with E-state index in [1.54, 1.807) is 0 Å². The van der Waals surface area contributed by atoms with Gasteiger partial charge in [0.1, 0.15) is 5.70 Å². The average Bonchev–Trinajstić information content (AvgIpc) is 2.75. The van der Waals surface area contributed by atoms with Crippen LogP contribution in [-0.4, -0.2) is 48.9 Å². The number of carbonyl (C=O) groups excluding carboxylic acids is 2. The summed E-state index contributed by atoms with van der Waals surface area (Å²) in [7, 11) is -5.46. The molecule has 0 unspecified atom stereocenters. The second-order valence-corrected chi connectivity index (χ2v) is 6.62. The number of anilines is 1. The van der Waals surface area contributed by atoms with Crippen LogP contribution in [0.5, 0.6) is 0 Å². The first-order chi connectivity index (χ1) is 11.1. The van der Waals surface area contributed by atoms with Crippen LogP contribution in [0.25, 0.3) is 0 Å². The minimum atomic E-state index is -5.46. The molecule has 11 heteroatoms. The van der Waals surface area contributed by atoms with Crippen molar-refractivity contribution in [1.29, 1.82) is 0 Å². The molecule has 0 aliphatic carbocycles. The van der Waals surface area contributed by atoms with Gasteiger partial charge in [-0.25, -0.2) is 8.42 Å². The number of aliphatic hydroxyl groups is 1. The molecule has 7 nitrogen and oxygen atoms in total. The third-order valence-electron chi connectivity index (χ3n) is 3.08. The molecule has 1 aromatic rings. The topological polar surface area (TPSA) is 104 Å². The van der Waals surface area contributed by atoms with E-state index >= 15 is 0 Å². The molecule has 1 aromatic carbocycles. The van der Waals surface area contributed by atoms with Crippen molar-refractivity contribution < 1.29 is 36.3 Å². The van der Waals surface area contributed by atoms with Crippen molar-refractivity contribution in [1.82, 2.24) is 4.90 Å². The van der Waals surface area contributed by atoms with Gasteiger partial charge in [0.05, 0.1) is 18.0 Å². The fraction of sp³-hybridized carbons (Fsp3) is 0.231. The number of hydrogen-bond acceptors (Lipinski definition) is 6. The van der Waals surface area contributed by atoms with Gasteiger partial charge in [0.15, 0.2) is 0 Å². The molecule has 0 fully saturated rings. The van der Waals surface area contributed by atoms with Crippen molar-refractivity contribution in [3.8, 4) is 0 Å². The van der Waals surface area contributed by atoms with Gasteiger partial charge in [-0.2, -0.15) is 13.2 Å². The monoisotopic (exact) mass is 364 g/mol. The number of carbonyl (C=O) groups is 2. The fourth-order valence-corrected chi connectivity index (χ4v) is 2.68. The zero-order valence-electron chi connectivity index (χ0n) is 11.9. The maximum atomic E-state index is 12.4. The molecule has 2 amide bonds. The fourth-order valence-electron chi connectivity index (χ4n) is 1.92. The van der Waals surface area contributed by atoms with E-state index in [2.05, 4.69) is 5.32 Å². The van der Waals surface area contributed by atoms with Crippen molar-refractivity contribution in [3.05, 3.63) is 36.0 Å². The van der Waals surface area contributed by atoms with Crippen LogP contribution in [0.2, 0.25) is 0 Å². The van der Waals surface area contributed by atoms with E-state index in [0.717, 1.165) is 35.2 Å². The Balaban J connectivity index is 2.18. The van der Waals surface area contributed by atoms with Crippen molar-refractivity contribution in [2.45, 2.75) is 10.4 Å². The van der Waals surface area contributed by atoms with Gasteiger partial charge < -0.3 is 10.4 Å². The number of alkyl halides is 3. The highest BCUT2D eigenvalue weighted by atomic mass is 32.2. The van der Waals surface area contributed by atoms with Gasteiger partial charge in [-0.3, -0.25) is 14.5 Å². The third kappa shape index (κ3) is 3.26. The first-order valence-electron chi connectivity index (χ1n) is 6.45. The lowest BCUT2D eigenvalue weighted by Crippen LogP contribution is -2.34. The average molecular weight is 364 g/mol. The summed E-state index contributed by atoms with van der Waals surface area (Å²) >= 11 is 0. The largest absolute Gasteiger partial charge is 0.501 e. The Morgan fingerprint density at radius 2 is 1.71 bits per heavy atom. The van der Waals surface area contributed by atoms with Crippen molar-refractivity contribution in [3.63, 3.8) is 0 Å². The summed E-state index contributed by atoms with van der Waals surface area (Å²) in [6.07, 6.45) is 0.971. The number of benzene rings is 1. The summed E-state index contributed by atoms with van der Waals surface area (Å²) < 4.78 is 59.8. The lowest BCUT2D eigenvalue weighted by atomic mass is 10.3. The van der Waals surface area contributed by atoms with E-state index in [1.807, 2.05) is 0 Å². The van der Waals surface area contributed by atoms with Crippen LogP contribution in [0.4, 0.5) is 18.9 Å². The number of aliphatic hydroxyl groups excluding tert-OH is 1. The molecule has 2 N–H and O–H groups in total. The van der Waals surface area contributed by atoms with E-state index in [-0.39, 0.29) is 17.9 Å². The number of sulfone groups is 1. The van der Waals surface area contributed by atoms with Gasteiger partial charge in [-0.15, -0.1) is 0 Å². The lowest BCUT2D eigenvalue weighted by Gasteiger charge is -2.13. The van der Waals surface area contributed by atoms with Gasteiger partial charge in [-0.05, 0) is 24.3 Å². The number of hydrogen-bond donors (Lipinski definition) is 2. The van der Waals surface area contributed by atoms with Crippen LogP contribution in [0, 0.1) is 0 Å². The highest BCUT2D eigenvalue weighted by Gasteiger charge is 2.46. The molecule has 0 bridgehead atoms. The molecule has 1 aliphatic rings. The minimum absolute atomic E-state index is 0.120. The van der Waals surface area contributed by atoms with Gasteiger partial charge in [0.25, 0.3) is 21.7 Å². The second kappa shape index (κ2) is 6.24. The number of halogens is 3. The maximum Gasteiger partial charge on any atom is 0.501 e. The molecule has 0 atom stereocenters. The predicted molar refractivity (Wildman–Crippen MR) is 75.2 cm³/mol. The van der Waals surface area contributed by atoms with Crippen LogP contribution in [0.15, 0.2) is 40.9 Å². The van der Waals surface area contributed by atoms with Crippen molar-refractivity contribution in [2.24, 2.45) is 0 Å². The molecule has 2 rings (SSSR count). The number of imide groups is 1. The van der Waals surface area contributed by atoms with Gasteiger partial charge in [-0.1, -0.05) is 0 Å². The van der Waals surface area contributed by atoms with E-state index in [4.69, 9.17) is 5.11 Å². The van der Waals surface area contributed by atoms with Gasteiger partial charge in [0, 0.05) is 11.8 Å². The van der Waals surface area contributed by atoms with Crippen LogP contribution in [-0.2, 0) is 19.4 Å². The van der Waals surface area contributed by atoms with Gasteiger partial charge in [0.2, 0.25) is 0 Å². The Bertz CT molecular complexity index is 800. The molecule has 24 heavy (non-hydrogen) atoms. The molecule has 0 radical (unpaired) electrons. The summed E-state index contributed by atoms with van der Waals surface area (Å²) in [6, 6.07) is 3.54. The summed E-state index contributed by atoms with van der Waals surface area (Å²) in [5.41, 5.74) is -5.43. The Kier molecular flexibility index (Phi) is 4.67. The minimum Gasteiger partial charge on any atom is -0.395 e. The molecule has 0 saturated heterocycles. The maximum absolute atomic E-state index is 12.4.